The molecule has 0 aliphatic carbocycles. The van der Waals surface area contributed by atoms with Gasteiger partial charge in [-0.3, -0.25) is 9.55 Å². The van der Waals surface area contributed by atoms with E-state index < -0.39 is 0 Å². The largest absolute Gasteiger partial charge is 0.268 e. The Bertz CT molecular complexity index is 989. The predicted octanol–water partition coefficient (Wildman–Crippen LogP) is 4.53. The van der Waals surface area contributed by atoms with Crippen LogP contribution in [0.4, 0.5) is 0 Å². The molecule has 0 saturated heterocycles. The van der Waals surface area contributed by atoms with Crippen molar-refractivity contribution >= 4 is 23.4 Å². The van der Waals surface area contributed by atoms with Gasteiger partial charge in [0, 0.05) is 23.0 Å². The molecule has 4 aromatic rings. The average molecular weight is 366 g/mol. The zero-order chi connectivity index (χ0) is 17.1. The van der Waals surface area contributed by atoms with Crippen LogP contribution < -0.4 is 0 Å². The van der Waals surface area contributed by atoms with Gasteiger partial charge in [0.05, 0.1) is 11.2 Å². The zero-order valence-corrected chi connectivity index (χ0v) is 14.5. The minimum atomic E-state index is 0.633. The molecule has 2 heterocycles. The number of aromatic nitrogens is 5. The van der Waals surface area contributed by atoms with Crippen molar-refractivity contribution in [3.63, 3.8) is 0 Å². The fourth-order valence-corrected chi connectivity index (χ4v) is 3.48. The minimum absolute atomic E-state index is 0.633. The van der Waals surface area contributed by atoms with Crippen LogP contribution in [0, 0.1) is 0 Å². The molecule has 4 rings (SSSR count). The molecule has 2 aromatic heterocycles. The summed E-state index contributed by atoms with van der Waals surface area (Å²) in [7, 11) is 0. The topological polar surface area (TPSA) is 56.5 Å². The van der Waals surface area contributed by atoms with Crippen LogP contribution in [0.2, 0.25) is 5.02 Å². The van der Waals surface area contributed by atoms with E-state index in [1.54, 1.807) is 18.6 Å². The second kappa shape index (κ2) is 7.04. The van der Waals surface area contributed by atoms with Crippen LogP contribution in [-0.4, -0.2) is 24.7 Å². The third kappa shape index (κ3) is 3.26. The van der Waals surface area contributed by atoms with E-state index in [-0.39, 0.29) is 0 Å². The maximum Gasteiger partial charge on any atom is 0.201 e. The smallest absolute Gasteiger partial charge is 0.201 e. The summed E-state index contributed by atoms with van der Waals surface area (Å²) in [5.41, 5.74) is 1.60. The van der Waals surface area contributed by atoms with Gasteiger partial charge in [0.25, 0.3) is 0 Å². The van der Waals surface area contributed by atoms with Gasteiger partial charge in [-0.05, 0) is 36.0 Å². The second-order valence-corrected chi connectivity index (χ2v) is 6.52. The van der Waals surface area contributed by atoms with E-state index in [1.165, 1.54) is 11.8 Å². The van der Waals surface area contributed by atoms with Gasteiger partial charge in [-0.2, -0.15) is 0 Å². The highest BCUT2D eigenvalue weighted by atomic mass is 35.5. The first-order chi connectivity index (χ1) is 12.3. The molecule has 0 fully saturated rings. The Hall–Kier alpha value is -2.70. The zero-order valence-electron chi connectivity index (χ0n) is 13.0. The van der Waals surface area contributed by atoms with Crippen molar-refractivity contribution < 1.29 is 0 Å². The number of nitrogens with zero attached hydrogens (tertiary/aromatic N) is 5. The molecule has 0 aliphatic rings. The molecule has 0 saturated carbocycles. The maximum absolute atomic E-state index is 6.30. The van der Waals surface area contributed by atoms with Crippen LogP contribution in [0.1, 0.15) is 0 Å². The quantitative estimate of drug-likeness (QED) is 0.531. The molecule has 2 aromatic carbocycles. The van der Waals surface area contributed by atoms with Crippen LogP contribution in [0.3, 0.4) is 0 Å². The normalized spacial score (nSPS) is 10.8. The lowest BCUT2D eigenvalue weighted by Crippen LogP contribution is -2.00. The maximum atomic E-state index is 6.30. The summed E-state index contributed by atoms with van der Waals surface area (Å²) in [6.45, 7) is 0. The van der Waals surface area contributed by atoms with Crippen molar-refractivity contribution in [3.05, 3.63) is 78.2 Å². The van der Waals surface area contributed by atoms with Crippen molar-refractivity contribution in [3.8, 4) is 17.2 Å². The molecule has 7 heteroatoms. The van der Waals surface area contributed by atoms with Gasteiger partial charge < -0.3 is 0 Å². The number of para-hydroxylation sites is 1. The molecule has 25 heavy (non-hydrogen) atoms. The molecule has 0 aliphatic heterocycles. The molecule has 0 spiro atoms. The second-order valence-electron chi connectivity index (χ2n) is 5.10. The van der Waals surface area contributed by atoms with E-state index in [0.29, 0.717) is 21.7 Å². The summed E-state index contributed by atoms with van der Waals surface area (Å²) < 4.78 is 1.96. The van der Waals surface area contributed by atoms with E-state index in [2.05, 4.69) is 20.2 Å². The summed E-state index contributed by atoms with van der Waals surface area (Å²) in [6.07, 6.45) is 4.94. The third-order valence-corrected chi connectivity index (χ3v) is 4.94. The Labute approximate surface area is 153 Å². The standard InChI is InChI=1S/C18H12ClN5S/c19-14-8-4-5-9-16(14)25-18-23-22-17(15-12-20-10-11-21-15)24(18)13-6-2-1-3-7-13/h1-12H. The first kappa shape index (κ1) is 15.8. The lowest BCUT2D eigenvalue weighted by molar-refractivity contribution is 0.885. The first-order valence-corrected chi connectivity index (χ1v) is 8.72. The lowest BCUT2D eigenvalue weighted by Gasteiger charge is -2.10. The van der Waals surface area contributed by atoms with Gasteiger partial charge in [-0.25, -0.2) is 4.98 Å². The highest BCUT2D eigenvalue weighted by Gasteiger charge is 2.18. The molecule has 0 atom stereocenters. The Morgan fingerprint density at radius 1 is 0.880 bits per heavy atom. The summed E-state index contributed by atoms with van der Waals surface area (Å²) in [5, 5.41) is 10.1. The lowest BCUT2D eigenvalue weighted by atomic mass is 10.3. The van der Waals surface area contributed by atoms with E-state index in [9.17, 15) is 0 Å². The summed E-state index contributed by atoms with van der Waals surface area (Å²) in [6, 6.07) is 17.6. The molecule has 0 radical (unpaired) electrons. The van der Waals surface area contributed by atoms with Gasteiger partial charge in [0.1, 0.15) is 5.69 Å². The van der Waals surface area contributed by atoms with Crippen molar-refractivity contribution in [2.75, 3.05) is 0 Å². The van der Waals surface area contributed by atoms with Gasteiger partial charge >= 0.3 is 0 Å². The molecular formula is C18H12ClN5S. The van der Waals surface area contributed by atoms with Crippen LogP contribution >= 0.6 is 23.4 Å². The molecule has 0 N–H and O–H groups in total. The molecule has 0 unspecified atom stereocenters. The number of halogens is 1. The number of hydrogen-bond donors (Lipinski definition) is 0. The van der Waals surface area contributed by atoms with Crippen LogP contribution in [-0.2, 0) is 0 Å². The Morgan fingerprint density at radius 2 is 1.68 bits per heavy atom. The number of benzene rings is 2. The van der Waals surface area contributed by atoms with Gasteiger partial charge in [0.15, 0.2) is 5.82 Å². The minimum Gasteiger partial charge on any atom is -0.268 e. The van der Waals surface area contributed by atoms with Crippen molar-refractivity contribution in [2.24, 2.45) is 0 Å². The van der Waals surface area contributed by atoms with Crippen molar-refractivity contribution in [1.82, 2.24) is 24.7 Å². The van der Waals surface area contributed by atoms with Crippen molar-refractivity contribution in [2.45, 2.75) is 10.1 Å². The highest BCUT2D eigenvalue weighted by molar-refractivity contribution is 7.99. The Kier molecular flexibility index (Phi) is 4.45. The first-order valence-electron chi connectivity index (χ1n) is 7.52. The van der Waals surface area contributed by atoms with Crippen LogP contribution in [0.15, 0.2) is 83.2 Å². The van der Waals surface area contributed by atoms with Crippen LogP contribution in [0.25, 0.3) is 17.2 Å². The molecule has 0 amide bonds. The van der Waals surface area contributed by atoms with E-state index in [1.807, 2.05) is 59.2 Å². The SMILES string of the molecule is Clc1ccccc1Sc1nnc(-c2cnccn2)n1-c1ccccc1. The molecule has 0 bridgehead atoms. The highest BCUT2D eigenvalue weighted by Crippen LogP contribution is 2.35. The van der Waals surface area contributed by atoms with E-state index in [0.717, 1.165) is 10.6 Å². The van der Waals surface area contributed by atoms with E-state index >= 15 is 0 Å². The molecule has 122 valence electrons. The summed E-state index contributed by atoms with van der Waals surface area (Å²) in [5.74, 6) is 0.633. The third-order valence-electron chi connectivity index (χ3n) is 3.48. The summed E-state index contributed by atoms with van der Waals surface area (Å²) >= 11 is 7.76. The van der Waals surface area contributed by atoms with Gasteiger partial charge in [-0.15, -0.1) is 10.2 Å². The van der Waals surface area contributed by atoms with Gasteiger partial charge in [-0.1, -0.05) is 41.9 Å². The fourth-order valence-electron chi connectivity index (χ4n) is 2.35. The van der Waals surface area contributed by atoms with Crippen LogP contribution in [0.5, 0.6) is 0 Å². The Morgan fingerprint density at radius 3 is 2.44 bits per heavy atom. The van der Waals surface area contributed by atoms with E-state index in [4.69, 9.17) is 11.6 Å². The fraction of sp³-hybridized carbons (Fsp3) is 0. The van der Waals surface area contributed by atoms with Crippen molar-refractivity contribution in [1.29, 1.82) is 0 Å². The molecular weight excluding hydrogens is 354 g/mol. The monoisotopic (exact) mass is 365 g/mol. The van der Waals surface area contributed by atoms with Gasteiger partial charge in [0.2, 0.25) is 5.16 Å². The average Bonchev–Trinajstić information content (AvgIpc) is 3.09. The number of rotatable bonds is 4. The Balaban J connectivity index is 1.85. The number of hydrogen-bond acceptors (Lipinski definition) is 5. The predicted molar refractivity (Wildman–Crippen MR) is 98.0 cm³/mol. The summed E-state index contributed by atoms with van der Waals surface area (Å²) in [4.78, 5) is 9.40. The molecule has 5 nitrogen and oxygen atoms in total.